The Morgan fingerprint density at radius 2 is 1.42 bits per heavy atom. The van der Waals surface area contributed by atoms with Crippen LogP contribution >= 0.6 is 0 Å². The van der Waals surface area contributed by atoms with E-state index in [1.807, 2.05) is 0 Å². The predicted molar refractivity (Wildman–Crippen MR) is 83.4 cm³/mol. The highest BCUT2D eigenvalue weighted by molar-refractivity contribution is 5.87. The average Bonchev–Trinajstić information content (AvgIpc) is 2.30. The molecule has 0 aliphatic rings. The number of ether oxygens (including phenoxy) is 1. The summed E-state index contributed by atoms with van der Waals surface area (Å²) in [5.74, 6) is -0.315. The first-order valence-corrected chi connectivity index (χ1v) is 7.47. The molecule has 0 saturated heterocycles. The first kappa shape index (κ1) is 20.5. The minimum Gasteiger partial charge on any atom is -0.460 e. The van der Waals surface area contributed by atoms with Gasteiger partial charge in [-0.1, -0.05) is 27.4 Å². The molecule has 0 spiro atoms. The molecule has 3 nitrogen and oxygen atoms in total. The van der Waals surface area contributed by atoms with Crippen LogP contribution in [-0.4, -0.2) is 36.6 Å². The fraction of sp³-hybridized carbons (Fsp3) is 0.812. The summed E-state index contributed by atoms with van der Waals surface area (Å²) >= 11 is 0. The molecular weight excluding hydrogens is 238 g/mol. The molecule has 19 heavy (non-hydrogen) atoms. The van der Waals surface area contributed by atoms with Crippen LogP contribution in [-0.2, 0) is 9.53 Å². The van der Waals surface area contributed by atoms with Crippen molar-refractivity contribution in [2.75, 3.05) is 19.6 Å². The molecule has 0 aromatic carbocycles. The zero-order chi connectivity index (χ0) is 15.3. The number of esters is 1. The van der Waals surface area contributed by atoms with Crippen molar-refractivity contribution in [2.45, 2.75) is 66.9 Å². The zero-order valence-electron chi connectivity index (χ0n) is 13.8. The highest BCUT2D eigenvalue weighted by atomic mass is 16.5. The molecule has 0 aliphatic carbocycles. The Hall–Kier alpha value is -0.830. The van der Waals surface area contributed by atoms with Gasteiger partial charge in [0.1, 0.15) is 0 Å². The fourth-order valence-electron chi connectivity index (χ4n) is 1.60. The largest absolute Gasteiger partial charge is 0.460 e. The van der Waals surface area contributed by atoms with E-state index in [-0.39, 0.29) is 12.1 Å². The molecule has 0 aromatic heterocycles. The second-order valence-electron chi connectivity index (χ2n) is 5.08. The molecule has 3 heteroatoms. The molecular formula is C16H33NO2. The quantitative estimate of drug-likeness (QED) is 0.493. The molecule has 0 amide bonds. The van der Waals surface area contributed by atoms with Crippen LogP contribution in [0.3, 0.4) is 0 Å². The molecule has 114 valence electrons. The van der Waals surface area contributed by atoms with Crippen molar-refractivity contribution < 1.29 is 9.53 Å². The first-order valence-electron chi connectivity index (χ1n) is 7.47. The number of rotatable bonds is 8. The summed E-state index contributed by atoms with van der Waals surface area (Å²) in [5, 5.41) is 0. The van der Waals surface area contributed by atoms with Crippen LogP contribution < -0.4 is 0 Å². The molecule has 0 aromatic rings. The van der Waals surface area contributed by atoms with Crippen molar-refractivity contribution in [1.29, 1.82) is 0 Å². The van der Waals surface area contributed by atoms with Gasteiger partial charge in [0.15, 0.2) is 0 Å². The zero-order valence-corrected chi connectivity index (χ0v) is 13.8. The van der Waals surface area contributed by atoms with E-state index in [0.29, 0.717) is 5.57 Å². The number of carbonyl (C=O) groups is 1. The summed E-state index contributed by atoms with van der Waals surface area (Å²) in [6.07, 6.45) is 3.83. The van der Waals surface area contributed by atoms with Crippen molar-refractivity contribution in [1.82, 2.24) is 4.90 Å². The monoisotopic (exact) mass is 271 g/mol. The van der Waals surface area contributed by atoms with Crippen molar-refractivity contribution in [3.8, 4) is 0 Å². The van der Waals surface area contributed by atoms with E-state index in [0.717, 1.165) is 0 Å². The van der Waals surface area contributed by atoms with Crippen LogP contribution in [0.25, 0.3) is 0 Å². The van der Waals surface area contributed by atoms with Gasteiger partial charge in [-0.15, -0.1) is 0 Å². The third-order valence-corrected chi connectivity index (χ3v) is 2.31. The summed E-state index contributed by atoms with van der Waals surface area (Å²) < 4.78 is 4.77. The number of hydrogen-bond donors (Lipinski definition) is 0. The highest BCUT2D eigenvalue weighted by Gasteiger charge is 2.03. The van der Waals surface area contributed by atoms with Crippen LogP contribution in [0, 0.1) is 0 Å². The lowest BCUT2D eigenvalue weighted by atomic mass is 10.3. The molecule has 0 N–H and O–H groups in total. The number of carbonyl (C=O) groups excluding carboxylic acids is 1. The summed E-state index contributed by atoms with van der Waals surface area (Å²) in [7, 11) is 0. The Balaban J connectivity index is 0. The van der Waals surface area contributed by atoms with Gasteiger partial charge in [-0.2, -0.15) is 0 Å². The Morgan fingerprint density at radius 3 is 1.58 bits per heavy atom. The van der Waals surface area contributed by atoms with Crippen molar-refractivity contribution in [3.05, 3.63) is 12.2 Å². The van der Waals surface area contributed by atoms with Crippen LogP contribution in [0.15, 0.2) is 12.2 Å². The fourth-order valence-corrected chi connectivity index (χ4v) is 1.60. The average molecular weight is 271 g/mol. The van der Waals surface area contributed by atoms with Gasteiger partial charge in [-0.05, 0) is 59.7 Å². The second-order valence-corrected chi connectivity index (χ2v) is 5.08. The van der Waals surface area contributed by atoms with E-state index in [1.54, 1.807) is 20.8 Å². The molecule has 0 radical (unpaired) electrons. The van der Waals surface area contributed by atoms with E-state index in [9.17, 15) is 4.79 Å². The second kappa shape index (κ2) is 13.6. The Morgan fingerprint density at radius 1 is 1.05 bits per heavy atom. The first-order chi connectivity index (χ1) is 8.88. The lowest BCUT2D eigenvalue weighted by Crippen LogP contribution is -2.25. The third-order valence-electron chi connectivity index (χ3n) is 2.31. The summed E-state index contributed by atoms with van der Waals surface area (Å²) in [6.45, 7) is 19.3. The van der Waals surface area contributed by atoms with E-state index in [2.05, 4.69) is 32.3 Å². The molecule has 0 heterocycles. The van der Waals surface area contributed by atoms with Crippen LogP contribution in [0.5, 0.6) is 0 Å². The lowest BCUT2D eigenvalue weighted by Gasteiger charge is -2.19. The van der Waals surface area contributed by atoms with Gasteiger partial charge in [0.25, 0.3) is 0 Å². The predicted octanol–water partition coefficient (Wildman–Crippen LogP) is 4.03. The third kappa shape index (κ3) is 15.1. The van der Waals surface area contributed by atoms with Gasteiger partial charge in [0.05, 0.1) is 6.10 Å². The minimum atomic E-state index is -0.315. The molecule has 0 bridgehead atoms. The van der Waals surface area contributed by atoms with Crippen molar-refractivity contribution in [3.63, 3.8) is 0 Å². The molecule has 0 unspecified atom stereocenters. The van der Waals surface area contributed by atoms with Crippen molar-refractivity contribution >= 4 is 5.97 Å². The summed E-state index contributed by atoms with van der Waals surface area (Å²) in [6, 6.07) is 0. The van der Waals surface area contributed by atoms with E-state index < -0.39 is 0 Å². The topological polar surface area (TPSA) is 29.5 Å². The molecule has 0 saturated carbocycles. The number of nitrogens with zero attached hydrogens (tertiary/aromatic N) is 1. The standard InChI is InChI=1S/C9H21N.C7H12O2/c1-4-7-10(8-5-2)9-6-3;1-5(2)7(8)9-6(3)4/h4-9H2,1-3H3;6H,1H2,2-4H3. The molecule has 0 fully saturated rings. The van der Waals surface area contributed by atoms with Gasteiger partial charge < -0.3 is 9.64 Å². The van der Waals surface area contributed by atoms with Crippen LogP contribution in [0.2, 0.25) is 0 Å². The SMILES string of the molecule is C=C(C)C(=O)OC(C)C.CCCN(CCC)CCC. The summed E-state index contributed by atoms with van der Waals surface area (Å²) in [5.41, 5.74) is 0.448. The van der Waals surface area contributed by atoms with Gasteiger partial charge in [-0.3, -0.25) is 0 Å². The maximum Gasteiger partial charge on any atom is 0.333 e. The van der Waals surface area contributed by atoms with Gasteiger partial charge in [0.2, 0.25) is 0 Å². The van der Waals surface area contributed by atoms with Gasteiger partial charge >= 0.3 is 5.97 Å². The molecule has 0 atom stereocenters. The summed E-state index contributed by atoms with van der Waals surface area (Å²) in [4.78, 5) is 13.2. The van der Waals surface area contributed by atoms with Crippen LogP contribution in [0.4, 0.5) is 0 Å². The lowest BCUT2D eigenvalue weighted by molar-refractivity contribution is -0.142. The number of hydrogen-bond acceptors (Lipinski definition) is 3. The Labute approximate surface area is 120 Å². The Bertz CT molecular complexity index is 223. The Kier molecular flexibility index (Phi) is 14.7. The molecule has 0 rings (SSSR count). The minimum absolute atomic E-state index is 0.0470. The van der Waals surface area contributed by atoms with Gasteiger partial charge in [0, 0.05) is 5.57 Å². The van der Waals surface area contributed by atoms with Gasteiger partial charge in [-0.25, -0.2) is 4.79 Å². The smallest absolute Gasteiger partial charge is 0.333 e. The normalized spacial score (nSPS) is 10.1. The van der Waals surface area contributed by atoms with E-state index in [4.69, 9.17) is 4.74 Å². The highest BCUT2D eigenvalue weighted by Crippen LogP contribution is 1.96. The molecule has 0 aliphatic heterocycles. The van der Waals surface area contributed by atoms with Crippen LogP contribution in [0.1, 0.15) is 60.8 Å². The van der Waals surface area contributed by atoms with E-state index in [1.165, 1.54) is 38.9 Å². The maximum absolute atomic E-state index is 10.6. The van der Waals surface area contributed by atoms with Crippen molar-refractivity contribution in [2.24, 2.45) is 0 Å². The maximum atomic E-state index is 10.6. The van der Waals surface area contributed by atoms with E-state index >= 15 is 0 Å².